The number of hydrogen-bond acceptors (Lipinski definition) is 2. The lowest BCUT2D eigenvalue weighted by atomic mass is 10.2. The quantitative estimate of drug-likeness (QED) is 0.785. The van der Waals surface area contributed by atoms with Crippen LogP contribution >= 0.6 is 12.2 Å². The van der Waals surface area contributed by atoms with E-state index in [2.05, 4.69) is 12.2 Å². The average molecular weight is 249 g/mol. The van der Waals surface area contributed by atoms with Crippen LogP contribution in [0.3, 0.4) is 0 Å². The third-order valence-electron chi connectivity index (χ3n) is 2.90. The maximum absolute atomic E-state index is 11.7. The van der Waals surface area contributed by atoms with Crippen LogP contribution in [-0.2, 0) is 4.79 Å². The summed E-state index contributed by atoms with van der Waals surface area (Å²) in [6, 6.07) is 7.82. The molecule has 4 nitrogen and oxygen atoms in total. The van der Waals surface area contributed by atoms with Gasteiger partial charge in [0.25, 0.3) is 0 Å². The van der Waals surface area contributed by atoms with Gasteiger partial charge in [-0.3, -0.25) is 4.79 Å². The molecular formula is C12H15N3OS. The van der Waals surface area contributed by atoms with Gasteiger partial charge in [0.05, 0.1) is 0 Å². The van der Waals surface area contributed by atoms with Crippen LogP contribution in [0.1, 0.15) is 19.8 Å². The van der Waals surface area contributed by atoms with E-state index in [4.69, 9.17) is 18.0 Å². The second-order valence-electron chi connectivity index (χ2n) is 4.19. The van der Waals surface area contributed by atoms with Crippen molar-refractivity contribution in [3.63, 3.8) is 0 Å². The zero-order chi connectivity index (χ0) is 12.4. The molecule has 0 saturated carbocycles. The summed E-state index contributed by atoms with van der Waals surface area (Å²) in [5.41, 5.74) is 7.14. The molecule has 1 aromatic carbocycles. The Balaban J connectivity index is 2.17. The highest BCUT2D eigenvalue weighted by Gasteiger charge is 2.28. The Morgan fingerprint density at radius 3 is 2.59 bits per heavy atom. The number of anilines is 2. The lowest BCUT2D eigenvalue weighted by molar-refractivity contribution is -0.117. The second-order valence-corrected chi connectivity index (χ2v) is 4.63. The molecule has 1 saturated heterocycles. The standard InChI is InChI=1S/C12H15N3OS/c1-8-2-7-11(16)15(8)10-5-3-9(4-6-10)14-12(13)17/h3-6,8H,2,7H2,1H3,(H3,13,14,17). The van der Waals surface area contributed by atoms with Gasteiger partial charge in [-0.1, -0.05) is 0 Å². The largest absolute Gasteiger partial charge is 0.376 e. The van der Waals surface area contributed by atoms with Crippen LogP contribution in [0.15, 0.2) is 24.3 Å². The van der Waals surface area contributed by atoms with Crippen LogP contribution in [0.2, 0.25) is 0 Å². The first kappa shape index (κ1) is 11.9. The zero-order valence-electron chi connectivity index (χ0n) is 9.64. The van der Waals surface area contributed by atoms with Gasteiger partial charge in [-0.05, 0) is 49.8 Å². The summed E-state index contributed by atoms with van der Waals surface area (Å²) >= 11 is 4.76. The summed E-state index contributed by atoms with van der Waals surface area (Å²) in [4.78, 5) is 13.6. The summed E-state index contributed by atoms with van der Waals surface area (Å²) < 4.78 is 0. The van der Waals surface area contributed by atoms with Gasteiger partial charge in [0.2, 0.25) is 5.91 Å². The molecular weight excluding hydrogens is 234 g/mol. The van der Waals surface area contributed by atoms with E-state index in [-0.39, 0.29) is 17.1 Å². The van der Waals surface area contributed by atoms with Crippen molar-refractivity contribution >= 4 is 34.6 Å². The molecule has 1 fully saturated rings. The highest BCUT2D eigenvalue weighted by molar-refractivity contribution is 7.80. The Hall–Kier alpha value is -1.62. The first-order chi connectivity index (χ1) is 8.08. The van der Waals surface area contributed by atoms with Crippen LogP contribution < -0.4 is 16.0 Å². The first-order valence-corrected chi connectivity index (χ1v) is 5.97. The van der Waals surface area contributed by atoms with Crippen molar-refractivity contribution in [3.05, 3.63) is 24.3 Å². The maximum Gasteiger partial charge on any atom is 0.227 e. The van der Waals surface area contributed by atoms with E-state index < -0.39 is 0 Å². The Kier molecular flexibility index (Phi) is 3.28. The molecule has 1 unspecified atom stereocenters. The van der Waals surface area contributed by atoms with Gasteiger partial charge in [-0.15, -0.1) is 0 Å². The fourth-order valence-electron chi connectivity index (χ4n) is 2.07. The molecule has 1 atom stereocenters. The number of benzene rings is 1. The number of thiocarbonyl (C=S) groups is 1. The molecule has 90 valence electrons. The second kappa shape index (κ2) is 4.71. The molecule has 0 aliphatic carbocycles. The van der Waals surface area contributed by atoms with Gasteiger partial charge in [0.1, 0.15) is 0 Å². The smallest absolute Gasteiger partial charge is 0.227 e. The molecule has 17 heavy (non-hydrogen) atoms. The number of nitrogens with one attached hydrogen (secondary N) is 1. The monoisotopic (exact) mass is 249 g/mol. The Morgan fingerprint density at radius 2 is 2.12 bits per heavy atom. The highest BCUT2D eigenvalue weighted by Crippen LogP contribution is 2.27. The van der Waals surface area contributed by atoms with Gasteiger partial charge in [0.15, 0.2) is 5.11 Å². The van der Waals surface area contributed by atoms with Crippen molar-refractivity contribution < 1.29 is 4.79 Å². The van der Waals surface area contributed by atoms with Gasteiger partial charge in [-0.2, -0.15) is 0 Å². The average Bonchev–Trinajstić information content (AvgIpc) is 2.59. The SMILES string of the molecule is CC1CCC(=O)N1c1ccc(NC(N)=S)cc1. The minimum atomic E-state index is 0.188. The Bertz CT molecular complexity index is 444. The molecule has 0 radical (unpaired) electrons. The summed E-state index contributed by atoms with van der Waals surface area (Å²) in [7, 11) is 0. The third-order valence-corrected chi connectivity index (χ3v) is 3.00. The predicted octanol–water partition coefficient (Wildman–Crippen LogP) is 1.86. The van der Waals surface area contributed by atoms with Crippen molar-refractivity contribution in [2.45, 2.75) is 25.8 Å². The van der Waals surface area contributed by atoms with Crippen molar-refractivity contribution in [3.8, 4) is 0 Å². The predicted molar refractivity (Wildman–Crippen MR) is 73.0 cm³/mol. The molecule has 1 aromatic rings. The first-order valence-electron chi connectivity index (χ1n) is 5.56. The Morgan fingerprint density at radius 1 is 1.47 bits per heavy atom. The minimum Gasteiger partial charge on any atom is -0.376 e. The number of nitrogens with zero attached hydrogens (tertiary/aromatic N) is 1. The van der Waals surface area contributed by atoms with Gasteiger partial charge < -0.3 is 16.0 Å². The van der Waals surface area contributed by atoms with E-state index in [1.165, 1.54) is 0 Å². The zero-order valence-corrected chi connectivity index (χ0v) is 10.5. The van der Waals surface area contributed by atoms with Crippen molar-refractivity contribution in [1.29, 1.82) is 0 Å². The number of amides is 1. The molecule has 0 aromatic heterocycles. The molecule has 5 heteroatoms. The highest BCUT2D eigenvalue weighted by atomic mass is 32.1. The molecule has 1 amide bonds. The summed E-state index contributed by atoms with van der Waals surface area (Å²) in [6.07, 6.45) is 1.56. The van der Waals surface area contributed by atoms with Crippen LogP contribution in [0.4, 0.5) is 11.4 Å². The molecule has 0 spiro atoms. The van der Waals surface area contributed by atoms with Crippen molar-refractivity contribution in [1.82, 2.24) is 0 Å². The number of rotatable bonds is 2. The topological polar surface area (TPSA) is 58.4 Å². The molecule has 2 rings (SSSR count). The molecule has 3 N–H and O–H groups in total. The van der Waals surface area contributed by atoms with E-state index in [0.717, 1.165) is 17.8 Å². The van der Waals surface area contributed by atoms with E-state index in [1.807, 2.05) is 29.2 Å². The van der Waals surface area contributed by atoms with Crippen LogP contribution in [0, 0.1) is 0 Å². The van der Waals surface area contributed by atoms with E-state index in [0.29, 0.717) is 6.42 Å². The van der Waals surface area contributed by atoms with Crippen molar-refractivity contribution in [2.75, 3.05) is 10.2 Å². The fourth-order valence-corrected chi connectivity index (χ4v) is 2.19. The van der Waals surface area contributed by atoms with E-state index >= 15 is 0 Å². The summed E-state index contributed by atoms with van der Waals surface area (Å²) in [5, 5.41) is 3.09. The van der Waals surface area contributed by atoms with E-state index in [1.54, 1.807) is 0 Å². The number of carbonyl (C=O) groups is 1. The van der Waals surface area contributed by atoms with Crippen LogP contribution in [0.25, 0.3) is 0 Å². The van der Waals surface area contributed by atoms with Gasteiger partial charge in [0, 0.05) is 23.8 Å². The third kappa shape index (κ3) is 2.55. The van der Waals surface area contributed by atoms with Crippen molar-refractivity contribution in [2.24, 2.45) is 5.73 Å². The lowest BCUT2D eigenvalue weighted by Gasteiger charge is -2.21. The molecule has 1 heterocycles. The van der Waals surface area contributed by atoms with Crippen LogP contribution in [-0.4, -0.2) is 17.1 Å². The number of hydrogen-bond donors (Lipinski definition) is 2. The number of carbonyl (C=O) groups excluding carboxylic acids is 1. The van der Waals surface area contributed by atoms with Gasteiger partial charge in [-0.25, -0.2) is 0 Å². The summed E-state index contributed by atoms with van der Waals surface area (Å²) in [5.74, 6) is 0.188. The van der Waals surface area contributed by atoms with Crippen LogP contribution in [0.5, 0.6) is 0 Å². The molecule has 0 bridgehead atoms. The number of nitrogens with two attached hydrogens (primary N) is 1. The normalized spacial score (nSPS) is 19.5. The molecule has 1 aliphatic rings. The van der Waals surface area contributed by atoms with Gasteiger partial charge >= 0.3 is 0 Å². The molecule has 1 aliphatic heterocycles. The lowest BCUT2D eigenvalue weighted by Crippen LogP contribution is -2.30. The Labute approximate surface area is 106 Å². The maximum atomic E-state index is 11.7. The fraction of sp³-hybridized carbons (Fsp3) is 0.333. The van der Waals surface area contributed by atoms with E-state index in [9.17, 15) is 4.79 Å². The summed E-state index contributed by atoms with van der Waals surface area (Å²) in [6.45, 7) is 2.06. The minimum absolute atomic E-state index is 0.188.